The van der Waals surface area contributed by atoms with Gasteiger partial charge in [0.2, 0.25) is 0 Å². The summed E-state index contributed by atoms with van der Waals surface area (Å²) in [7, 11) is 0. The van der Waals surface area contributed by atoms with Gasteiger partial charge in [0.15, 0.2) is 17.3 Å². The lowest BCUT2D eigenvalue weighted by Crippen LogP contribution is -2.02. The van der Waals surface area contributed by atoms with Crippen LogP contribution in [0.2, 0.25) is 0 Å². The maximum atomic E-state index is 14.1. The number of ether oxygens (including phenoxy) is 2. The van der Waals surface area contributed by atoms with E-state index in [1.807, 2.05) is 0 Å². The number of hydrogen-bond donors (Lipinski definition) is 1. The van der Waals surface area contributed by atoms with Crippen LogP contribution in [0, 0.1) is 5.82 Å². The molecule has 0 aliphatic carbocycles. The van der Waals surface area contributed by atoms with Gasteiger partial charge in [0.1, 0.15) is 0 Å². The minimum Gasteiger partial charge on any atom is -0.489 e. The highest BCUT2D eigenvalue weighted by atomic mass is 19.1. The van der Waals surface area contributed by atoms with Crippen molar-refractivity contribution >= 4 is 0 Å². The fourth-order valence-corrected chi connectivity index (χ4v) is 1.90. The van der Waals surface area contributed by atoms with E-state index < -0.39 is 0 Å². The van der Waals surface area contributed by atoms with Gasteiger partial charge < -0.3 is 15.2 Å². The monoisotopic (exact) mass is 239 g/mol. The SMILES string of the molecule is NCCCCc1ccc2c(c1F)OCCCO2. The largest absolute Gasteiger partial charge is 0.489 e. The van der Waals surface area contributed by atoms with Crippen molar-refractivity contribution in [2.75, 3.05) is 19.8 Å². The van der Waals surface area contributed by atoms with Gasteiger partial charge in [-0.2, -0.15) is 0 Å². The first-order valence-electron chi connectivity index (χ1n) is 6.10. The summed E-state index contributed by atoms with van der Waals surface area (Å²) >= 11 is 0. The normalized spacial score (nSPS) is 14.5. The lowest BCUT2D eigenvalue weighted by molar-refractivity contribution is 0.291. The number of benzene rings is 1. The molecule has 0 radical (unpaired) electrons. The first-order chi connectivity index (χ1) is 8.33. The van der Waals surface area contributed by atoms with E-state index in [1.165, 1.54) is 0 Å². The van der Waals surface area contributed by atoms with Crippen LogP contribution in [0.5, 0.6) is 11.5 Å². The number of aryl methyl sites for hydroxylation is 1. The summed E-state index contributed by atoms with van der Waals surface area (Å²) in [5.74, 6) is 0.511. The van der Waals surface area contributed by atoms with Crippen LogP contribution in [-0.4, -0.2) is 19.8 Å². The molecule has 3 nitrogen and oxygen atoms in total. The topological polar surface area (TPSA) is 44.5 Å². The summed E-state index contributed by atoms with van der Waals surface area (Å²) in [4.78, 5) is 0. The van der Waals surface area contributed by atoms with Crippen LogP contribution in [0.3, 0.4) is 0 Å². The molecular weight excluding hydrogens is 221 g/mol. The van der Waals surface area contributed by atoms with Crippen molar-refractivity contribution < 1.29 is 13.9 Å². The molecule has 0 amide bonds. The van der Waals surface area contributed by atoms with E-state index in [9.17, 15) is 4.39 Å². The molecule has 0 saturated heterocycles. The standard InChI is InChI=1S/C13H18FNO2/c14-12-10(4-1-2-7-15)5-6-11-13(12)17-9-3-8-16-11/h5-6H,1-4,7-9,15H2. The maximum Gasteiger partial charge on any atom is 0.197 e. The summed E-state index contributed by atoms with van der Waals surface area (Å²) < 4.78 is 25.0. The molecule has 1 aromatic carbocycles. The van der Waals surface area contributed by atoms with Gasteiger partial charge in [-0.25, -0.2) is 4.39 Å². The van der Waals surface area contributed by atoms with Crippen molar-refractivity contribution in [1.82, 2.24) is 0 Å². The summed E-state index contributed by atoms with van der Waals surface area (Å²) in [6.07, 6.45) is 3.29. The molecule has 0 aromatic heterocycles. The fraction of sp³-hybridized carbons (Fsp3) is 0.538. The van der Waals surface area contributed by atoms with Crippen molar-refractivity contribution in [2.24, 2.45) is 5.73 Å². The molecule has 1 aromatic rings. The predicted molar refractivity (Wildman–Crippen MR) is 64.0 cm³/mol. The van der Waals surface area contributed by atoms with E-state index in [4.69, 9.17) is 15.2 Å². The smallest absolute Gasteiger partial charge is 0.197 e. The van der Waals surface area contributed by atoms with E-state index in [0.29, 0.717) is 37.5 Å². The fourth-order valence-electron chi connectivity index (χ4n) is 1.90. The van der Waals surface area contributed by atoms with Crippen molar-refractivity contribution in [3.8, 4) is 11.5 Å². The lowest BCUT2D eigenvalue weighted by Gasteiger charge is -2.11. The molecule has 0 unspecified atom stereocenters. The van der Waals surface area contributed by atoms with Gasteiger partial charge in [0.05, 0.1) is 13.2 Å². The predicted octanol–water partition coefficient (Wildman–Crippen LogP) is 2.27. The third kappa shape index (κ3) is 2.88. The molecule has 2 rings (SSSR count). The molecule has 17 heavy (non-hydrogen) atoms. The Bertz CT molecular complexity index is 382. The molecule has 1 heterocycles. The van der Waals surface area contributed by atoms with Gasteiger partial charge in [-0.3, -0.25) is 0 Å². The summed E-state index contributed by atoms with van der Waals surface area (Å²) in [5.41, 5.74) is 6.11. The zero-order valence-corrected chi connectivity index (χ0v) is 9.88. The highest BCUT2D eigenvalue weighted by molar-refractivity contribution is 5.45. The van der Waals surface area contributed by atoms with Gasteiger partial charge in [-0.1, -0.05) is 6.07 Å². The third-order valence-electron chi connectivity index (χ3n) is 2.83. The summed E-state index contributed by atoms with van der Waals surface area (Å²) in [5, 5.41) is 0. The number of halogens is 1. The number of fused-ring (bicyclic) bond motifs is 1. The molecule has 2 N–H and O–H groups in total. The molecule has 0 saturated carbocycles. The first kappa shape index (κ1) is 12.2. The average molecular weight is 239 g/mol. The molecular formula is C13H18FNO2. The molecule has 0 atom stereocenters. The van der Waals surface area contributed by atoms with Gasteiger partial charge in [-0.15, -0.1) is 0 Å². The molecule has 0 bridgehead atoms. The number of hydrogen-bond acceptors (Lipinski definition) is 3. The van der Waals surface area contributed by atoms with E-state index in [1.54, 1.807) is 12.1 Å². The summed E-state index contributed by atoms with van der Waals surface area (Å²) in [6.45, 7) is 1.74. The Kier molecular flexibility index (Phi) is 4.20. The molecule has 0 fully saturated rings. The van der Waals surface area contributed by atoms with Crippen LogP contribution in [0.4, 0.5) is 4.39 Å². The molecule has 1 aliphatic rings. The Morgan fingerprint density at radius 2 is 2.00 bits per heavy atom. The van der Waals surface area contributed by atoms with Gasteiger partial charge in [-0.05, 0) is 37.4 Å². The summed E-state index contributed by atoms with van der Waals surface area (Å²) in [6, 6.07) is 3.57. The zero-order chi connectivity index (χ0) is 12.1. The Labute approximate surface area is 101 Å². The van der Waals surface area contributed by atoms with E-state index >= 15 is 0 Å². The molecule has 0 spiro atoms. The molecule has 4 heteroatoms. The number of rotatable bonds is 4. The average Bonchev–Trinajstić information content (AvgIpc) is 2.58. The van der Waals surface area contributed by atoms with Crippen LogP contribution < -0.4 is 15.2 Å². The van der Waals surface area contributed by atoms with Crippen LogP contribution in [-0.2, 0) is 6.42 Å². The van der Waals surface area contributed by atoms with Crippen LogP contribution in [0.1, 0.15) is 24.8 Å². The minimum absolute atomic E-state index is 0.271. The van der Waals surface area contributed by atoms with Crippen molar-refractivity contribution in [1.29, 1.82) is 0 Å². The molecule has 1 aliphatic heterocycles. The second-order valence-corrected chi connectivity index (χ2v) is 4.16. The Balaban J connectivity index is 2.16. The minimum atomic E-state index is -0.276. The zero-order valence-electron chi connectivity index (χ0n) is 9.88. The second kappa shape index (κ2) is 5.87. The van der Waals surface area contributed by atoms with Gasteiger partial charge in [0, 0.05) is 6.42 Å². The third-order valence-corrected chi connectivity index (χ3v) is 2.83. The lowest BCUT2D eigenvalue weighted by atomic mass is 10.1. The van der Waals surface area contributed by atoms with Gasteiger partial charge in [0.25, 0.3) is 0 Å². The van der Waals surface area contributed by atoms with Crippen LogP contribution >= 0.6 is 0 Å². The molecule has 94 valence electrons. The Morgan fingerprint density at radius 3 is 2.82 bits per heavy atom. The quantitative estimate of drug-likeness (QED) is 0.820. The first-order valence-corrected chi connectivity index (χ1v) is 6.10. The van der Waals surface area contributed by atoms with E-state index in [2.05, 4.69) is 0 Å². The number of unbranched alkanes of at least 4 members (excludes halogenated alkanes) is 1. The van der Waals surface area contributed by atoms with Crippen LogP contribution in [0.25, 0.3) is 0 Å². The van der Waals surface area contributed by atoms with Crippen molar-refractivity contribution in [2.45, 2.75) is 25.7 Å². The highest BCUT2D eigenvalue weighted by Gasteiger charge is 2.17. The maximum absolute atomic E-state index is 14.1. The van der Waals surface area contributed by atoms with E-state index in [0.717, 1.165) is 19.3 Å². The van der Waals surface area contributed by atoms with Crippen LogP contribution in [0.15, 0.2) is 12.1 Å². The highest BCUT2D eigenvalue weighted by Crippen LogP contribution is 2.34. The van der Waals surface area contributed by atoms with Crippen molar-refractivity contribution in [3.63, 3.8) is 0 Å². The van der Waals surface area contributed by atoms with Crippen molar-refractivity contribution in [3.05, 3.63) is 23.5 Å². The number of nitrogens with two attached hydrogens (primary N) is 1. The Hall–Kier alpha value is -1.29. The van der Waals surface area contributed by atoms with Gasteiger partial charge >= 0.3 is 0 Å². The van der Waals surface area contributed by atoms with E-state index in [-0.39, 0.29) is 11.6 Å². The Morgan fingerprint density at radius 1 is 1.18 bits per heavy atom. The second-order valence-electron chi connectivity index (χ2n) is 4.16.